The molecule has 0 radical (unpaired) electrons. The van der Waals surface area contributed by atoms with Gasteiger partial charge >= 0.3 is 6.18 Å². The second kappa shape index (κ2) is 13.6. The Bertz CT molecular complexity index is 1010. The zero-order valence-electron chi connectivity index (χ0n) is 19.6. The van der Waals surface area contributed by atoms with Crippen LogP contribution in [0.3, 0.4) is 0 Å². The van der Waals surface area contributed by atoms with E-state index >= 15 is 0 Å². The second-order valence-corrected chi connectivity index (χ2v) is 6.95. The molecule has 1 aromatic rings. The standard InChI is InChI=1S/C24H29F3N4O3/c1-6-18(23(32)31(4)7-2)8-9-19(15-24(25,26)27)34-21-13-17(12-20(14-21)33-5)16-30-22(28)10-11-29-3/h1,8-14,29H,7,15-16H2,2-5H3,(H2,28,30)/b11-10-,18-8+,19-9+. The maximum absolute atomic E-state index is 13.2. The van der Waals surface area contributed by atoms with Crippen molar-refractivity contribution >= 4 is 11.7 Å². The number of hydrogen-bond donors (Lipinski definition) is 2. The average molecular weight is 479 g/mol. The number of amides is 1. The fourth-order valence-electron chi connectivity index (χ4n) is 2.49. The summed E-state index contributed by atoms with van der Waals surface area (Å²) in [5, 5.41) is 2.78. The van der Waals surface area contributed by atoms with Crippen LogP contribution in [0.4, 0.5) is 13.2 Å². The second-order valence-electron chi connectivity index (χ2n) is 6.95. The van der Waals surface area contributed by atoms with Gasteiger partial charge in [-0.15, -0.1) is 6.42 Å². The number of halogens is 3. The van der Waals surface area contributed by atoms with Crippen LogP contribution in [0.1, 0.15) is 18.9 Å². The molecule has 1 rings (SSSR count). The van der Waals surface area contributed by atoms with Crippen LogP contribution in [0.2, 0.25) is 0 Å². The molecule has 0 saturated heterocycles. The summed E-state index contributed by atoms with van der Waals surface area (Å²) >= 11 is 0. The van der Waals surface area contributed by atoms with Gasteiger partial charge in [-0.05, 0) is 49.0 Å². The van der Waals surface area contributed by atoms with Gasteiger partial charge < -0.3 is 25.4 Å². The predicted molar refractivity (Wildman–Crippen MR) is 126 cm³/mol. The SMILES string of the molecule is C#C/C(=C\C=C(/CC(F)(F)F)Oc1cc(CN=C(N)/C=C\NC)cc(OC)c1)C(=O)N(C)CC. The lowest BCUT2D eigenvalue weighted by Crippen LogP contribution is -2.27. The molecular formula is C24H29F3N4O3. The molecular weight excluding hydrogens is 449 g/mol. The van der Waals surface area contributed by atoms with E-state index in [9.17, 15) is 18.0 Å². The van der Waals surface area contributed by atoms with Gasteiger partial charge in [0.2, 0.25) is 0 Å². The molecule has 0 bridgehead atoms. The van der Waals surface area contributed by atoms with E-state index in [1.165, 1.54) is 31.2 Å². The molecule has 7 nitrogen and oxygen atoms in total. The number of amidine groups is 1. The van der Waals surface area contributed by atoms with E-state index in [1.54, 1.807) is 32.3 Å². The average Bonchev–Trinajstić information content (AvgIpc) is 2.79. The van der Waals surface area contributed by atoms with Crippen molar-refractivity contribution in [2.45, 2.75) is 26.1 Å². The van der Waals surface area contributed by atoms with Crippen LogP contribution < -0.4 is 20.5 Å². The van der Waals surface area contributed by atoms with E-state index in [0.29, 0.717) is 17.9 Å². The van der Waals surface area contributed by atoms with E-state index in [-0.39, 0.29) is 23.7 Å². The molecule has 1 amide bonds. The van der Waals surface area contributed by atoms with E-state index in [2.05, 4.69) is 16.2 Å². The van der Waals surface area contributed by atoms with Gasteiger partial charge in [-0.1, -0.05) is 5.92 Å². The largest absolute Gasteiger partial charge is 0.497 e. The van der Waals surface area contributed by atoms with Crippen molar-refractivity contribution in [3.63, 3.8) is 0 Å². The van der Waals surface area contributed by atoms with Crippen molar-refractivity contribution in [3.05, 3.63) is 59.5 Å². The highest BCUT2D eigenvalue weighted by Gasteiger charge is 2.30. The Hall–Kier alpha value is -3.87. The van der Waals surface area contributed by atoms with E-state index in [1.807, 2.05) is 0 Å². The molecule has 3 N–H and O–H groups in total. The summed E-state index contributed by atoms with van der Waals surface area (Å²) in [6.07, 6.45) is 4.79. The molecule has 10 heteroatoms. The number of ether oxygens (including phenoxy) is 2. The lowest BCUT2D eigenvalue weighted by atomic mass is 10.2. The molecule has 1 aromatic carbocycles. The molecule has 0 aliphatic rings. The number of nitrogens with zero attached hydrogens (tertiary/aromatic N) is 2. The third-order valence-electron chi connectivity index (χ3n) is 4.31. The number of rotatable bonds is 11. The number of likely N-dealkylation sites (N-methyl/N-ethyl adjacent to an activating group) is 1. The van der Waals surface area contributed by atoms with Crippen LogP contribution in [-0.2, 0) is 11.3 Å². The first-order chi connectivity index (χ1) is 16.0. The van der Waals surface area contributed by atoms with Crippen molar-refractivity contribution < 1.29 is 27.4 Å². The summed E-state index contributed by atoms with van der Waals surface area (Å²) in [5.74, 6) is 1.97. The predicted octanol–water partition coefficient (Wildman–Crippen LogP) is 3.54. The molecule has 0 aromatic heterocycles. The van der Waals surface area contributed by atoms with Crippen LogP contribution in [-0.4, -0.2) is 50.6 Å². The fourth-order valence-corrected chi connectivity index (χ4v) is 2.49. The quantitative estimate of drug-likeness (QED) is 0.127. The van der Waals surface area contributed by atoms with Gasteiger partial charge in [0.25, 0.3) is 5.91 Å². The fraction of sp³-hybridized carbons (Fsp3) is 0.333. The summed E-state index contributed by atoms with van der Waals surface area (Å²) in [7, 11) is 4.66. The zero-order chi connectivity index (χ0) is 25.7. The first kappa shape index (κ1) is 28.2. The van der Waals surface area contributed by atoms with Crippen molar-refractivity contribution in [2.24, 2.45) is 10.7 Å². The smallest absolute Gasteiger partial charge is 0.396 e. The van der Waals surface area contributed by atoms with Crippen molar-refractivity contribution in [3.8, 4) is 23.8 Å². The van der Waals surface area contributed by atoms with Gasteiger partial charge in [0.1, 0.15) is 29.5 Å². The van der Waals surface area contributed by atoms with Gasteiger partial charge in [-0.25, -0.2) is 0 Å². The van der Waals surface area contributed by atoms with Crippen LogP contribution in [0.25, 0.3) is 0 Å². The molecule has 34 heavy (non-hydrogen) atoms. The van der Waals surface area contributed by atoms with Crippen molar-refractivity contribution in [2.75, 3.05) is 27.7 Å². The summed E-state index contributed by atoms with van der Waals surface area (Å²) in [6.45, 7) is 2.28. The van der Waals surface area contributed by atoms with Crippen LogP contribution in [0.5, 0.6) is 11.5 Å². The summed E-state index contributed by atoms with van der Waals surface area (Å²) in [6, 6.07) is 4.62. The molecule has 0 fully saturated rings. The number of nitrogens with one attached hydrogen (secondary N) is 1. The number of hydrogen-bond acceptors (Lipinski definition) is 5. The summed E-state index contributed by atoms with van der Waals surface area (Å²) in [4.78, 5) is 17.8. The number of carbonyl (C=O) groups is 1. The Morgan fingerprint density at radius 2 is 1.97 bits per heavy atom. The first-order valence-electron chi connectivity index (χ1n) is 10.2. The Morgan fingerprint density at radius 1 is 1.29 bits per heavy atom. The molecule has 0 unspecified atom stereocenters. The zero-order valence-corrected chi connectivity index (χ0v) is 19.6. The number of aliphatic imine (C=N–C) groups is 1. The van der Waals surface area contributed by atoms with E-state index in [4.69, 9.17) is 21.6 Å². The first-order valence-corrected chi connectivity index (χ1v) is 10.2. The molecule has 0 aliphatic carbocycles. The van der Waals surface area contributed by atoms with Crippen molar-refractivity contribution in [1.29, 1.82) is 0 Å². The number of carbonyl (C=O) groups excluding carboxylic acids is 1. The lowest BCUT2D eigenvalue weighted by molar-refractivity contribution is -0.131. The van der Waals surface area contributed by atoms with E-state index < -0.39 is 24.3 Å². The number of nitrogens with two attached hydrogens (primary N) is 1. The third kappa shape index (κ3) is 10.2. The van der Waals surface area contributed by atoms with Gasteiger partial charge in [0.15, 0.2) is 0 Å². The number of terminal acetylenes is 1. The number of methoxy groups -OCH3 is 1. The Balaban J connectivity index is 3.31. The minimum Gasteiger partial charge on any atom is -0.497 e. The Kier molecular flexibility index (Phi) is 11.3. The van der Waals surface area contributed by atoms with Gasteiger partial charge in [-0.2, -0.15) is 13.2 Å². The van der Waals surface area contributed by atoms with Gasteiger partial charge in [0, 0.05) is 26.7 Å². The Labute approximate surface area is 197 Å². The minimum absolute atomic E-state index is 0.0945. The minimum atomic E-state index is -4.56. The summed E-state index contributed by atoms with van der Waals surface area (Å²) in [5.41, 5.74) is 6.28. The third-order valence-corrected chi connectivity index (χ3v) is 4.31. The molecule has 184 valence electrons. The molecule has 0 saturated carbocycles. The molecule has 0 spiro atoms. The molecule has 0 atom stereocenters. The highest BCUT2D eigenvalue weighted by Crippen LogP contribution is 2.30. The Morgan fingerprint density at radius 3 is 2.53 bits per heavy atom. The van der Waals surface area contributed by atoms with Crippen molar-refractivity contribution in [1.82, 2.24) is 10.2 Å². The van der Waals surface area contributed by atoms with Gasteiger partial charge in [-0.3, -0.25) is 9.79 Å². The highest BCUT2D eigenvalue weighted by atomic mass is 19.4. The van der Waals surface area contributed by atoms with E-state index in [0.717, 1.165) is 12.2 Å². The topological polar surface area (TPSA) is 89.2 Å². The number of alkyl halides is 3. The maximum atomic E-state index is 13.2. The van der Waals surface area contributed by atoms with Crippen LogP contribution in [0, 0.1) is 12.3 Å². The number of allylic oxidation sites excluding steroid dienone is 3. The normalized spacial score (nSPS) is 12.9. The van der Waals surface area contributed by atoms with Gasteiger partial charge in [0.05, 0.1) is 19.2 Å². The maximum Gasteiger partial charge on any atom is 0.396 e. The van der Waals surface area contributed by atoms with Crippen LogP contribution in [0.15, 0.2) is 59.0 Å². The molecule has 0 aliphatic heterocycles. The molecule has 0 heterocycles. The highest BCUT2D eigenvalue weighted by molar-refractivity contribution is 5.97. The lowest BCUT2D eigenvalue weighted by Gasteiger charge is -2.15. The summed E-state index contributed by atoms with van der Waals surface area (Å²) < 4.78 is 50.2. The monoisotopic (exact) mass is 478 g/mol. The number of benzene rings is 1. The van der Waals surface area contributed by atoms with Crippen LogP contribution >= 0.6 is 0 Å².